The summed E-state index contributed by atoms with van der Waals surface area (Å²) in [7, 11) is 0. The summed E-state index contributed by atoms with van der Waals surface area (Å²) in [6.07, 6.45) is 0. The number of carbonyl (C=O) groups excluding carboxylic acids is 1. The van der Waals surface area contributed by atoms with Gasteiger partial charge in [0, 0.05) is 34.3 Å². The van der Waals surface area contributed by atoms with Gasteiger partial charge in [0.1, 0.15) is 0 Å². The van der Waals surface area contributed by atoms with E-state index in [1.807, 2.05) is 64.1 Å². The maximum atomic E-state index is 13.0. The first kappa shape index (κ1) is 25.1. The summed E-state index contributed by atoms with van der Waals surface area (Å²) in [6, 6.07) is 16.1. The van der Waals surface area contributed by atoms with Crippen molar-refractivity contribution in [3.63, 3.8) is 0 Å². The second-order valence-electron chi connectivity index (χ2n) is 9.08. The number of nitrogens with one attached hydrogen (secondary N) is 3. The molecule has 0 aromatic heterocycles. The number of carboxylic acid groups (broad SMARTS) is 1. The summed E-state index contributed by atoms with van der Waals surface area (Å²) in [5.41, 5.74) is 5.97. The number of aliphatic carboxylic acids is 1. The van der Waals surface area contributed by atoms with Crippen LogP contribution in [0.3, 0.4) is 0 Å². The first-order valence-electron chi connectivity index (χ1n) is 11.3. The van der Waals surface area contributed by atoms with Gasteiger partial charge in [-0.15, -0.1) is 0 Å². The van der Waals surface area contributed by atoms with E-state index in [1.165, 1.54) is 0 Å². The van der Waals surface area contributed by atoms with Gasteiger partial charge < -0.3 is 20.5 Å². The van der Waals surface area contributed by atoms with Crippen molar-refractivity contribution in [1.29, 1.82) is 0 Å². The molecule has 1 aliphatic rings. The van der Waals surface area contributed by atoms with Gasteiger partial charge in [-0.2, -0.15) is 0 Å². The highest BCUT2D eigenvalue weighted by atomic mass is 35.5. The smallest absolute Gasteiger partial charge is 0.332 e. The molecule has 0 spiro atoms. The van der Waals surface area contributed by atoms with E-state index in [-0.39, 0.29) is 19.0 Å². The van der Waals surface area contributed by atoms with Gasteiger partial charge >= 0.3 is 5.97 Å². The SMILES string of the molecule is Cc1cc(SNc2cccc(-c3cc(C)c(C(=O)NC4(C(=O)O)CNC4)c(C)c3)c2)c(C)cc1Cl. The minimum atomic E-state index is -1.24. The number of aryl methyl sites for hydroxylation is 4. The molecule has 6 nitrogen and oxygen atoms in total. The van der Waals surface area contributed by atoms with Crippen LogP contribution in [-0.2, 0) is 4.79 Å². The molecule has 1 heterocycles. The second-order valence-corrected chi connectivity index (χ2v) is 10.3. The lowest BCUT2D eigenvalue weighted by Crippen LogP contribution is -2.73. The fraction of sp³-hybridized carbons (Fsp3) is 0.259. The third kappa shape index (κ3) is 5.17. The topological polar surface area (TPSA) is 90.5 Å². The first-order chi connectivity index (χ1) is 16.6. The van der Waals surface area contributed by atoms with Crippen LogP contribution in [0.25, 0.3) is 11.1 Å². The average Bonchev–Trinajstić information content (AvgIpc) is 2.77. The third-order valence-corrected chi connectivity index (χ3v) is 7.71. The molecule has 3 aromatic rings. The summed E-state index contributed by atoms with van der Waals surface area (Å²) < 4.78 is 3.41. The Morgan fingerprint density at radius 1 is 0.943 bits per heavy atom. The largest absolute Gasteiger partial charge is 0.479 e. The van der Waals surface area contributed by atoms with Crippen LogP contribution in [0.2, 0.25) is 5.02 Å². The molecule has 0 radical (unpaired) electrons. The van der Waals surface area contributed by atoms with Gasteiger partial charge in [0.25, 0.3) is 5.91 Å². The van der Waals surface area contributed by atoms with Crippen LogP contribution in [-0.4, -0.2) is 35.6 Å². The lowest BCUT2D eigenvalue weighted by Gasteiger charge is -2.39. The molecule has 0 atom stereocenters. The van der Waals surface area contributed by atoms with Crippen molar-refractivity contribution < 1.29 is 14.7 Å². The van der Waals surface area contributed by atoms with Gasteiger partial charge in [0.15, 0.2) is 5.54 Å². The molecule has 1 saturated heterocycles. The van der Waals surface area contributed by atoms with Gasteiger partial charge in [-0.05, 0) is 97.3 Å². The van der Waals surface area contributed by atoms with Crippen LogP contribution in [0.5, 0.6) is 0 Å². The van der Waals surface area contributed by atoms with Crippen molar-refractivity contribution in [1.82, 2.24) is 10.6 Å². The highest BCUT2D eigenvalue weighted by Crippen LogP contribution is 2.32. The molecule has 0 saturated carbocycles. The van der Waals surface area contributed by atoms with E-state index in [4.69, 9.17) is 11.6 Å². The monoisotopic (exact) mass is 509 g/mol. The normalized spacial score (nSPS) is 14.2. The number of amides is 1. The van der Waals surface area contributed by atoms with E-state index in [1.54, 1.807) is 11.9 Å². The third-order valence-electron chi connectivity index (χ3n) is 6.31. The molecule has 1 fully saturated rings. The summed E-state index contributed by atoms with van der Waals surface area (Å²) in [5.74, 6) is -1.39. The predicted molar refractivity (Wildman–Crippen MR) is 142 cm³/mol. The minimum absolute atomic E-state index is 0.219. The van der Waals surface area contributed by atoms with Crippen LogP contribution in [0.1, 0.15) is 32.6 Å². The number of halogens is 1. The van der Waals surface area contributed by atoms with Crippen molar-refractivity contribution >= 4 is 41.1 Å². The summed E-state index contributed by atoms with van der Waals surface area (Å²) in [4.78, 5) is 25.7. The molecule has 0 unspecified atom stereocenters. The lowest BCUT2D eigenvalue weighted by atomic mass is 9.90. The highest BCUT2D eigenvalue weighted by molar-refractivity contribution is 8.00. The molecular formula is C27H28ClN3O3S. The zero-order valence-electron chi connectivity index (χ0n) is 20.1. The van der Waals surface area contributed by atoms with Gasteiger partial charge in [-0.25, -0.2) is 4.79 Å². The first-order valence-corrected chi connectivity index (χ1v) is 12.5. The van der Waals surface area contributed by atoms with Crippen molar-refractivity contribution in [3.05, 3.63) is 81.4 Å². The Kier molecular flexibility index (Phi) is 7.12. The van der Waals surface area contributed by atoms with E-state index in [0.717, 1.165) is 49.0 Å². The maximum Gasteiger partial charge on any atom is 0.332 e. The molecule has 1 amide bonds. The van der Waals surface area contributed by atoms with Crippen LogP contribution < -0.4 is 15.4 Å². The molecule has 0 bridgehead atoms. The Morgan fingerprint density at radius 2 is 1.63 bits per heavy atom. The van der Waals surface area contributed by atoms with Crippen LogP contribution in [0.4, 0.5) is 5.69 Å². The van der Waals surface area contributed by atoms with Gasteiger partial charge in [0.2, 0.25) is 0 Å². The maximum absolute atomic E-state index is 13.0. The summed E-state index contributed by atoms with van der Waals surface area (Å²) >= 11 is 7.76. The molecule has 0 aliphatic carbocycles. The fourth-order valence-corrected chi connectivity index (χ4v) is 5.21. The zero-order valence-corrected chi connectivity index (χ0v) is 21.7. The van der Waals surface area contributed by atoms with E-state index in [0.29, 0.717) is 5.56 Å². The standard InChI is InChI=1S/C27H28ClN3O3S/c1-15-11-23(16(2)10-22(15)28)35-31-21-7-5-6-19(12-21)20-8-17(3)24(18(4)9-20)25(32)30-27(26(33)34)13-29-14-27/h5-12,29,31H,13-14H2,1-4H3,(H,30,32)(H,33,34). The molecule has 1 aliphatic heterocycles. The zero-order chi connectivity index (χ0) is 25.3. The Hall–Kier alpha value is -3.00. The molecule has 182 valence electrons. The highest BCUT2D eigenvalue weighted by Gasteiger charge is 2.46. The summed E-state index contributed by atoms with van der Waals surface area (Å²) in [6.45, 7) is 8.22. The van der Waals surface area contributed by atoms with Crippen molar-refractivity contribution in [3.8, 4) is 11.1 Å². The average molecular weight is 510 g/mol. The molecule has 3 aromatic carbocycles. The van der Waals surface area contributed by atoms with Crippen LogP contribution in [0, 0.1) is 27.7 Å². The molecule has 35 heavy (non-hydrogen) atoms. The number of hydrogen-bond acceptors (Lipinski definition) is 5. The predicted octanol–water partition coefficient (Wildman–Crippen LogP) is 5.52. The molecular weight excluding hydrogens is 482 g/mol. The van der Waals surface area contributed by atoms with Gasteiger partial charge in [-0.1, -0.05) is 35.9 Å². The molecule has 4 rings (SSSR count). The second kappa shape index (κ2) is 9.93. The van der Waals surface area contributed by atoms with Gasteiger partial charge in [0.05, 0.1) is 0 Å². The van der Waals surface area contributed by atoms with Gasteiger partial charge in [-0.3, -0.25) is 4.79 Å². The Balaban J connectivity index is 1.54. The summed E-state index contributed by atoms with van der Waals surface area (Å²) in [5, 5.41) is 15.9. The van der Waals surface area contributed by atoms with Crippen molar-refractivity contribution in [2.75, 3.05) is 17.8 Å². The Morgan fingerprint density at radius 3 is 2.23 bits per heavy atom. The Bertz CT molecular complexity index is 1300. The fourth-order valence-electron chi connectivity index (χ4n) is 4.18. The number of benzene rings is 3. The van der Waals surface area contributed by atoms with E-state index >= 15 is 0 Å². The number of anilines is 1. The lowest BCUT2D eigenvalue weighted by molar-refractivity contribution is -0.146. The quantitative estimate of drug-likeness (QED) is 0.314. The number of carbonyl (C=O) groups is 2. The number of hydrogen-bond donors (Lipinski definition) is 4. The molecule has 8 heteroatoms. The van der Waals surface area contributed by atoms with E-state index in [9.17, 15) is 14.7 Å². The molecule has 4 N–H and O–H groups in total. The Labute approximate surface area is 214 Å². The van der Waals surface area contributed by atoms with Crippen LogP contribution >= 0.6 is 23.5 Å². The number of rotatable bonds is 7. The van der Waals surface area contributed by atoms with Crippen LogP contribution in [0.15, 0.2) is 53.4 Å². The van der Waals surface area contributed by atoms with E-state index < -0.39 is 11.5 Å². The van der Waals surface area contributed by atoms with Crippen molar-refractivity contribution in [2.24, 2.45) is 0 Å². The minimum Gasteiger partial charge on any atom is -0.479 e. The van der Waals surface area contributed by atoms with Crippen molar-refractivity contribution in [2.45, 2.75) is 38.1 Å². The van der Waals surface area contributed by atoms with E-state index in [2.05, 4.69) is 27.5 Å². The number of carboxylic acids is 1.